The molecule has 2 heterocycles. The van der Waals surface area contributed by atoms with Gasteiger partial charge in [0, 0.05) is 17.0 Å². The lowest BCUT2D eigenvalue weighted by molar-refractivity contribution is -0.129. The van der Waals surface area contributed by atoms with E-state index in [1.807, 2.05) is 23.6 Å². The van der Waals surface area contributed by atoms with E-state index in [-0.39, 0.29) is 18.4 Å². The molecule has 0 amide bonds. The number of hydrogen-bond donors (Lipinski definition) is 2. The third-order valence-corrected chi connectivity index (χ3v) is 5.18. The number of thiophene rings is 1. The van der Waals surface area contributed by atoms with Crippen LogP contribution in [0.4, 0.5) is 0 Å². The van der Waals surface area contributed by atoms with E-state index in [1.54, 1.807) is 23.5 Å². The molecule has 116 valence electrons. The maximum absolute atomic E-state index is 12.7. The van der Waals surface area contributed by atoms with Crippen LogP contribution in [0, 0.1) is 0 Å². The number of methoxy groups -OCH3 is 1. The van der Waals surface area contributed by atoms with Crippen LogP contribution in [0.25, 0.3) is 0 Å². The highest BCUT2D eigenvalue weighted by molar-refractivity contribution is 7.10. The topological polar surface area (TPSA) is 50.4 Å². The van der Waals surface area contributed by atoms with Crippen molar-refractivity contribution in [2.45, 2.75) is 18.0 Å². The summed E-state index contributed by atoms with van der Waals surface area (Å²) in [7, 11) is 1.53. The standard InChI is InChI=1S/C16H17ClN2O2S/c1-21-10-15(20)16(11-4-6-12(17)7-5-11)9-13(18-19-16)14-3-2-8-22-14/h2-8,13,18-19H,9-10H2,1H3. The fourth-order valence-electron chi connectivity index (χ4n) is 2.80. The van der Waals surface area contributed by atoms with Crippen molar-refractivity contribution in [1.82, 2.24) is 10.9 Å². The first-order chi connectivity index (χ1) is 10.7. The summed E-state index contributed by atoms with van der Waals surface area (Å²) in [5.74, 6) is 0.00359. The molecule has 2 atom stereocenters. The number of carbonyl (C=O) groups is 1. The minimum atomic E-state index is -0.796. The van der Waals surface area contributed by atoms with Crippen LogP contribution in [-0.2, 0) is 15.1 Å². The zero-order valence-corrected chi connectivity index (χ0v) is 13.7. The zero-order valence-electron chi connectivity index (χ0n) is 12.1. The minimum Gasteiger partial charge on any atom is -0.377 e. The van der Waals surface area contributed by atoms with E-state index in [0.717, 1.165) is 5.56 Å². The Morgan fingerprint density at radius 1 is 1.41 bits per heavy atom. The minimum absolute atomic E-state index is 0.00359. The molecule has 0 bridgehead atoms. The molecule has 0 saturated carbocycles. The first-order valence-electron chi connectivity index (χ1n) is 7.00. The van der Waals surface area contributed by atoms with Gasteiger partial charge in [-0.2, -0.15) is 0 Å². The fourth-order valence-corrected chi connectivity index (χ4v) is 3.71. The van der Waals surface area contributed by atoms with Crippen molar-refractivity contribution in [3.8, 4) is 0 Å². The van der Waals surface area contributed by atoms with Crippen LogP contribution in [0.2, 0.25) is 5.02 Å². The van der Waals surface area contributed by atoms with E-state index in [0.29, 0.717) is 11.4 Å². The summed E-state index contributed by atoms with van der Waals surface area (Å²) in [6, 6.07) is 11.6. The molecule has 2 unspecified atom stereocenters. The number of ketones is 1. The van der Waals surface area contributed by atoms with Gasteiger partial charge in [-0.15, -0.1) is 11.3 Å². The molecule has 4 nitrogen and oxygen atoms in total. The number of carbonyl (C=O) groups excluding carboxylic acids is 1. The van der Waals surface area contributed by atoms with Gasteiger partial charge < -0.3 is 4.74 Å². The first kappa shape index (κ1) is 15.6. The highest BCUT2D eigenvalue weighted by Gasteiger charge is 2.46. The average molecular weight is 337 g/mol. The van der Waals surface area contributed by atoms with Gasteiger partial charge in [-0.25, -0.2) is 10.9 Å². The Kier molecular flexibility index (Phi) is 4.61. The van der Waals surface area contributed by atoms with E-state index in [9.17, 15) is 4.79 Å². The smallest absolute Gasteiger partial charge is 0.184 e. The second kappa shape index (κ2) is 6.48. The summed E-state index contributed by atoms with van der Waals surface area (Å²) in [4.78, 5) is 13.9. The van der Waals surface area contributed by atoms with Crippen LogP contribution in [0.3, 0.4) is 0 Å². The lowest BCUT2D eigenvalue weighted by atomic mass is 9.82. The maximum Gasteiger partial charge on any atom is 0.184 e. The Bertz CT molecular complexity index is 645. The van der Waals surface area contributed by atoms with E-state index in [2.05, 4.69) is 16.9 Å². The van der Waals surface area contributed by atoms with Crippen molar-refractivity contribution in [3.63, 3.8) is 0 Å². The Hall–Kier alpha value is -1.24. The van der Waals surface area contributed by atoms with Crippen LogP contribution >= 0.6 is 22.9 Å². The van der Waals surface area contributed by atoms with Gasteiger partial charge in [0.15, 0.2) is 5.78 Å². The highest BCUT2D eigenvalue weighted by Crippen LogP contribution is 2.38. The van der Waals surface area contributed by atoms with Crippen molar-refractivity contribution >= 4 is 28.7 Å². The maximum atomic E-state index is 12.7. The van der Waals surface area contributed by atoms with Gasteiger partial charge in [0.05, 0.1) is 6.04 Å². The van der Waals surface area contributed by atoms with Gasteiger partial charge in [-0.05, 0) is 35.6 Å². The summed E-state index contributed by atoms with van der Waals surface area (Å²) in [6.07, 6.45) is 0.636. The summed E-state index contributed by atoms with van der Waals surface area (Å²) < 4.78 is 5.07. The number of nitrogens with one attached hydrogen (secondary N) is 2. The fraction of sp³-hybridized carbons (Fsp3) is 0.312. The third-order valence-electron chi connectivity index (χ3n) is 3.95. The average Bonchev–Trinajstić information content (AvgIpc) is 3.18. The lowest BCUT2D eigenvalue weighted by Gasteiger charge is -2.27. The third kappa shape index (κ3) is 2.83. The van der Waals surface area contributed by atoms with Crippen LogP contribution in [-0.4, -0.2) is 19.5 Å². The van der Waals surface area contributed by atoms with E-state index in [4.69, 9.17) is 16.3 Å². The molecule has 2 N–H and O–H groups in total. The van der Waals surface area contributed by atoms with Gasteiger partial charge >= 0.3 is 0 Å². The predicted molar refractivity (Wildman–Crippen MR) is 88.0 cm³/mol. The second-order valence-corrected chi connectivity index (χ2v) is 6.73. The number of benzene rings is 1. The SMILES string of the molecule is COCC(=O)C1(c2ccc(Cl)cc2)CC(c2cccs2)NN1. The number of rotatable bonds is 5. The molecule has 1 aliphatic rings. The van der Waals surface area contributed by atoms with Crippen molar-refractivity contribution in [1.29, 1.82) is 0 Å². The molecule has 0 spiro atoms. The van der Waals surface area contributed by atoms with Gasteiger partial charge in [-0.1, -0.05) is 29.8 Å². The van der Waals surface area contributed by atoms with Crippen LogP contribution in [0.15, 0.2) is 41.8 Å². The second-order valence-electron chi connectivity index (χ2n) is 5.31. The molecule has 2 aromatic rings. The molecule has 22 heavy (non-hydrogen) atoms. The molecular formula is C16H17ClN2O2S. The van der Waals surface area contributed by atoms with E-state index >= 15 is 0 Å². The van der Waals surface area contributed by atoms with E-state index in [1.165, 1.54) is 12.0 Å². The molecule has 6 heteroatoms. The monoisotopic (exact) mass is 336 g/mol. The Morgan fingerprint density at radius 2 is 2.18 bits per heavy atom. The Morgan fingerprint density at radius 3 is 2.82 bits per heavy atom. The Balaban J connectivity index is 1.95. The van der Waals surface area contributed by atoms with Crippen molar-refractivity contribution < 1.29 is 9.53 Å². The first-order valence-corrected chi connectivity index (χ1v) is 8.26. The number of hydrazine groups is 1. The molecule has 1 aromatic carbocycles. The number of halogens is 1. The van der Waals surface area contributed by atoms with Crippen molar-refractivity contribution in [2.75, 3.05) is 13.7 Å². The van der Waals surface area contributed by atoms with Gasteiger partial charge in [0.25, 0.3) is 0 Å². The van der Waals surface area contributed by atoms with Crippen LogP contribution in [0.1, 0.15) is 22.9 Å². The molecular weight excluding hydrogens is 320 g/mol. The summed E-state index contributed by atoms with van der Waals surface area (Å²) in [6.45, 7) is 0.0640. The van der Waals surface area contributed by atoms with Crippen LogP contribution < -0.4 is 10.9 Å². The predicted octanol–water partition coefficient (Wildman–Crippen LogP) is 3.05. The van der Waals surface area contributed by atoms with Crippen LogP contribution in [0.5, 0.6) is 0 Å². The summed E-state index contributed by atoms with van der Waals surface area (Å²) in [5, 5.41) is 2.69. The number of ether oxygens (including phenoxy) is 1. The number of hydrogen-bond acceptors (Lipinski definition) is 5. The van der Waals surface area contributed by atoms with E-state index < -0.39 is 5.54 Å². The summed E-state index contributed by atoms with van der Waals surface area (Å²) >= 11 is 7.65. The van der Waals surface area contributed by atoms with Gasteiger partial charge in [0.1, 0.15) is 12.1 Å². The van der Waals surface area contributed by atoms with Crippen molar-refractivity contribution in [2.24, 2.45) is 0 Å². The molecule has 0 aliphatic carbocycles. The molecule has 1 fully saturated rings. The van der Waals surface area contributed by atoms with Crippen molar-refractivity contribution in [3.05, 3.63) is 57.2 Å². The molecule has 1 aliphatic heterocycles. The molecule has 3 rings (SSSR count). The van der Waals surface area contributed by atoms with Gasteiger partial charge in [-0.3, -0.25) is 4.79 Å². The molecule has 0 radical (unpaired) electrons. The zero-order chi connectivity index (χ0) is 15.6. The highest BCUT2D eigenvalue weighted by atomic mass is 35.5. The lowest BCUT2D eigenvalue weighted by Crippen LogP contribution is -2.49. The van der Waals surface area contributed by atoms with Gasteiger partial charge in [0.2, 0.25) is 0 Å². The summed E-state index contributed by atoms with van der Waals surface area (Å²) in [5.41, 5.74) is 6.56. The quantitative estimate of drug-likeness (QED) is 0.881. The normalized spacial score (nSPS) is 24.5. The number of Topliss-reactive ketones (excluding diaryl/α,β-unsaturated/α-hetero) is 1. The molecule has 1 aromatic heterocycles. The Labute approximate surface area is 138 Å². The molecule has 1 saturated heterocycles. The largest absolute Gasteiger partial charge is 0.377 e.